The van der Waals surface area contributed by atoms with Crippen molar-refractivity contribution in [2.24, 2.45) is 0 Å². The van der Waals surface area contributed by atoms with Gasteiger partial charge in [-0.2, -0.15) is 0 Å². The van der Waals surface area contributed by atoms with E-state index < -0.39 is 5.97 Å². The molecule has 0 atom stereocenters. The summed E-state index contributed by atoms with van der Waals surface area (Å²) in [6.07, 6.45) is 20.2. The molecule has 0 saturated heterocycles. The third-order valence-electron chi connectivity index (χ3n) is 3.99. The Morgan fingerprint density at radius 2 is 0.909 bits per heavy atom. The molecule has 3 radical (unpaired) electrons. The summed E-state index contributed by atoms with van der Waals surface area (Å²) >= 11 is 0. The van der Waals surface area contributed by atoms with E-state index in [1.54, 1.807) is 0 Å². The van der Waals surface area contributed by atoms with E-state index in [1.165, 1.54) is 83.5 Å². The van der Waals surface area contributed by atoms with E-state index in [0.29, 0.717) is 6.42 Å². The van der Waals surface area contributed by atoms with Gasteiger partial charge in [0.15, 0.2) is 0 Å². The van der Waals surface area contributed by atoms with E-state index >= 15 is 0 Å². The molecule has 0 aromatic rings. The van der Waals surface area contributed by atoms with E-state index in [2.05, 4.69) is 6.92 Å². The molecule has 3 nitrogen and oxygen atoms in total. The minimum Gasteiger partial charge on any atom is -0.481 e. The maximum absolute atomic E-state index is 10.3. The second-order valence-corrected chi connectivity index (χ2v) is 6.09. The first-order chi connectivity index (χ1) is 9.77. The number of carbonyl (C=O) groups is 1. The van der Waals surface area contributed by atoms with E-state index in [-0.39, 0.29) is 31.7 Å². The average molecular weight is 511 g/mol. The van der Waals surface area contributed by atoms with Crippen LogP contribution in [0.5, 0.6) is 0 Å². The quantitative estimate of drug-likeness (QED) is 0.231. The van der Waals surface area contributed by atoms with Gasteiger partial charge in [0.1, 0.15) is 0 Å². The number of carboxylic acids is 1. The summed E-state index contributed by atoms with van der Waals surface area (Å²) in [6, 6.07) is 0. The number of aliphatic carboxylic acids is 1. The van der Waals surface area contributed by atoms with Crippen molar-refractivity contribution in [1.29, 1.82) is 0 Å². The Morgan fingerprint density at radius 3 is 1.18 bits per heavy atom. The predicted molar refractivity (Wildman–Crippen MR) is 96.5 cm³/mol. The zero-order valence-electron chi connectivity index (χ0n) is 14.6. The van der Waals surface area contributed by atoms with Crippen molar-refractivity contribution in [2.45, 2.75) is 110 Å². The van der Waals surface area contributed by atoms with Crippen LogP contribution >= 0.6 is 0 Å². The first-order valence-corrected chi connectivity index (χ1v) is 8.99. The number of rotatable bonds is 16. The summed E-state index contributed by atoms with van der Waals surface area (Å²) in [6.45, 7) is 2.27. The van der Waals surface area contributed by atoms with Gasteiger partial charge in [-0.05, 0) is 6.42 Å². The van der Waals surface area contributed by atoms with Crippen LogP contribution in [0.15, 0.2) is 0 Å². The number of unbranched alkanes of at least 4 members (excludes halogenated alkanes) is 14. The minimum atomic E-state index is -0.653. The smallest absolute Gasteiger partial charge is 0.303 e. The van der Waals surface area contributed by atoms with Crippen LogP contribution in [0.1, 0.15) is 110 Å². The standard InChI is InChI=1S/C18H36O2.Bi.H2O/c1-2-3-4-5-6-7-8-9-10-11-12-13-14-15-16-17-18(19)20;;/h2-17H2,1H3,(H,19,20);;1H2. The summed E-state index contributed by atoms with van der Waals surface area (Å²) in [5.41, 5.74) is 0. The molecule has 0 aromatic heterocycles. The molecule has 0 bridgehead atoms. The summed E-state index contributed by atoms with van der Waals surface area (Å²) in [4.78, 5) is 10.3. The number of hydrogen-bond donors (Lipinski definition) is 1. The third-order valence-corrected chi connectivity index (χ3v) is 3.99. The van der Waals surface area contributed by atoms with Crippen LogP contribution in [0.2, 0.25) is 0 Å². The first-order valence-electron chi connectivity index (χ1n) is 8.99. The van der Waals surface area contributed by atoms with Crippen LogP contribution in [0.25, 0.3) is 0 Å². The second-order valence-electron chi connectivity index (χ2n) is 6.09. The van der Waals surface area contributed by atoms with Crippen LogP contribution in [0, 0.1) is 0 Å². The largest absolute Gasteiger partial charge is 0.481 e. The molecule has 3 N–H and O–H groups in total. The van der Waals surface area contributed by atoms with Crippen LogP contribution in [-0.2, 0) is 4.79 Å². The molecular weight excluding hydrogens is 473 g/mol. The Hall–Kier alpha value is 0.313. The summed E-state index contributed by atoms with van der Waals surface area (Å²) in [7, 11) is 0. The summed E-state index contributed by atoms with van der Waals surface area (Å²) < 4.78 is 0. The van der Waals surface area contributed by atoms with Crippen LogP contribution in [0.3, 0.4) is 0 Å². The normalized spacial score (nSPS) is 9.86. The van der Waals surface area contributed by atoms with Crippen molar-refractivity contribution < 1.29 is 15.4 Å². The molecule has 0 aliphatic rings. The Morgan fingerprint density at radius 1 is 0.636 bits per heavy atom. The van der Waals surface area contributed by atoms with Gasteiger partial charge in [0.05, 0.1) is 0 Å². The third kappa shape index (κ3) is 25.3. The van der Waals surface area contributed by atoms with Crippen LogP contribution in [-0.4, -0.2) is 42.8 Å². The molecule has 4 heteroatoms. The van der Waals surface area contributed by atoms with Gasteiger partial charge in [-0.15, -0.1) is 0 Å². The van der Waals surface area contributed by atoms with Gasteiger partial charge < -0.3 is 10.6 Å². The van der Waals surface area contributed by atoms with Crippen molar-refractivity contribution in [3.63, 3.8) is 0 Å². The average Bonchev–Trinajstić information content (AvgIpc) is 2.43. The van der Waals surface area contributed by atoms with Gasteiger partial charge in [-0.1, -0.05) is 96.8 Å². The first kappa shape index (κ1) is 27.2. The Bertz CT molecular complexity index is 211. The van der Waals surface area contributed by atoms with E-state index in [0.717, 1.165) is 12.8 Å². The van der Waals surface area contributed by atoms with E-state index in [1.807, 2.05) is 0 Å². The van der Waals surface area contributed by atoms with Gasteiger partial charge >= 0.3 is 5.97 Å². The molecule has 0 aliphatic carbocycles. The summed E-state index contributed by atoms with van der Waals surface area (Å²) in [5, 5.41) is 8.52. The molecule has 0 heterocycles. The van der Waals surface area contributed by atoms with Crippen LogP contribution in [0.4, 0.5) is 0 Å². The minimum absolute atomic E-state index is 0. The fraction of sp³-hybridized carbons (Fsp3) is 0.944. The Balaban J connectivity index is -0.00000180. The van der Waals surface area contributed by atoms with Crippen molar-refractivity contribution >= 4 is 32.2 Å². The molecule has 0 fully saturated rings. The van der Waals surface area contributed by atoms with Gasteiger partial charge in [0.25, 0.3) is 0 Å². The van der Waals surface area contributed by atoms with Gasteiger partial charge in [-0.25, -0.2) is 0 Å². The molecule has 0 spiro atoms. The SMILES string of the molecule is CCCCCCCCCCCCCCCCCC(=O)O.O.[Bi]. The molecule has 0 rings (SSSR count). The molecule has 0 aliphatic heterocycles. The molecule has 22 heavy (non-hydrogen) atoms. The zero-order valence-corrected chi connectivity index (χ0v) is 18.1. The Kier molecular flexibility index (Phi) is 29.1. The molecule has 133 valence electrons. The molecule has 0 amide bonds. The topological polar surface area (TPSA) is 68.8 Å². The monoisotopic (exact) mass is 511 g/mol. The van der Waals surface area contributed by atoms with E-state index in [4.69, 9.17) is 5.11 Å². The second kappa shape index (κ2) is 23.6. The maximum Gasteiger partial charge on any atom is 0.303 e. The summed E-state index contributed by atoms with van der Waals surface area (Å²) in [5.74, 6) is -0.653. The van der Waals surface area contributed by atoms with Crippen molar-refractivity contribution in [1.82, 2.24) is 0 Å². The fourth-order valence-electron chi connectivity index (χ4n) is 2.65. The predicted octanol–water partition coefficient (Wildman–Crippen LogP) is 5.13. The number of carboxylic acid groups (broad SMARTS) is 1. The van der Waals surface area contributed by atoms with Crippen molar-refractivity contribution in [2.75, 3.05) is 0 Å². The van der Waals surface area contributed by atoms with E-state index in [9.17, 15) is 4.79 Å². The zero-order chi connectivity index (χ0) is 14.9. The Labute approximate surface area is 157 Å². The molecule has 0 saturated carbocycles. The van der Waals surface area contributed by atoms with Gasteiger partial charge in [0.2, 0.25) is 0 Å². The van der Waals surface area contributed by atoms with Crippen molar-refractivity contribution in [3.05, 3.63) is 0 Å². The van der Waals surface area contributed by atoms with Gasteiger partial charge in [0, 0.05) is 32.6 Å². The maximum atomic E-state index is 10.3. The molecule has 0 aromatic carbocycles. The fourth-order valence-corrected chi connectivity index (χ4v) is 2.65. The van der Waals surface area contributed by atoms with Crippen LogP contribution < -0.4 is 0 Å². The van der Waals surface area contributed by atoms with Gasteiger partial charge in [-0.3, -0.25) is 4.79 Å². The van der Waals surface area contributed by atoms with Crippen molar-refractivity contribution in [3.8, 4) is 0 Å². The number of hydrogen-bond acceptors (Lipinski definition) is 1. The molecule has 0 unspecified atom stereocenters. The molecular formula is C18H38BiO3.